The molecule has 2 N–H and O–H groups in total. The lowest BCUT2D eigenvalue weighted by molar-refractivity contribution is 0.0902. The van der Waals surface area contributed by atoms with Crippen LogP contribution in [0.5, 0.6) is 11.5 Å². The summed E-state index contributed by atoms with van der Waals surface area (Å²) in [5, 5.41) is 8.40. The summed E-state index contributed by atoms with van der Waals surface area (Å²) in [6.07, 6.45) is 1.20. The van der Waals surface area contributed by atoms with Crippen LogP contribution in [0.25, 0.3) is 0 Å². The Morgan fingerprint density at radius 1 is 0.686 bits per heavy atom. The lowest BCUT2D eigenvalue weighted by Crippen LogP contribution is -2.20. The number of benzene rings is 2. The van der Waals surface area contributed by atoms with Gasteiger partial charge in [-0.3, -0.25) is 9.59 Å². The molecule has 0 aliphatic rings. The number of ether oxygens (including phenoxy) is 2. The highest BCUT2D eigenvalue weighted by atomic mass is 16.5. The Bertz CT molecular complexity index is 1120. The molecule has 2 aromatic carbocycles. The van der Waals surface area contributed by atoms with Crippen molar-refractivity contribution in [1.29, 1.82) is 0 Å². The molecule has 0 aliphatic heterocycles. The molecule has 0 aliphatic carbocycles. The first kappa shape index (κ1) is 25.2. The molecule has 0 bridgehead atoms. The van der Waals surface area contributed by atoms with E-state index in [1.165, 1.54) is 12.1 Å². The number of hydrazone groups is 2. The molecular weight excluding hydrogens is 448 g/mol. The molecular formula is C26H28N4O5. The van der Waals surface area contributed by atoms with E-state index < -0.39 is 11.8 Å². The van der Waals surface area contributed by atoms with E-state index in [2.05, 4.69) is 21.1 Å². The van der Waals surface area contributed by atoms with Gasteiger partial charge in [-0.05, 0) is 84.6 Å². The largest absolute Gasteiger partial charge is 0.497 e. The van der Waals surface area contributed by atoms with E-state index in [9.17, 15) is 9.59 Å². The van der Waals surface area contributed by atoms with Crippen LogP contribution in [0.4, 0.5) is 0 Å². The molecule has 3 aromatic rings. The van der Waals surface area contributed by atoms with Gasteiger partial charge >= 0.3 is 11.8 Å². The first-order valence-electron chi connectivity index (χ1n) is 11.1. The summed E-state index contributed by atoms with van der Waals surface area (Å²) in [4.78, 5) is 25.0. The highest BCUT2D eigenvalue weighted by Crippen LogP contribution is 2.15. The Kier molecular flexibility index (Phi) is 8.77. The molecule has 35 heavy (non-hydrogen) atoms. The number of rotatable bonds is 10. The zero-order valence-electron chi connectivity index (χ0n) is 20.1. The fraction of sp³-hybridized carbons (Fsp3) is 0.231. The maximum Gasteiger partial charge on any atom is 0.307 e. The third-order valence-electron chi connectivity index (χ3n) is 5.15. The minimum Gasteiger partial charge on any atom is -0.497 e. The van der Waals surface area contributed by atoms with Gasteiger partial charge in [0.1, 0.15) is 11.5 Å². The lowest BCUT2D eigenvalue weighted by atomic mass is 10.1. The number of hydrogen-bond acceptors (Lipinski definition) is 7. The molecule has 0 saturated heterocycles. The zero-order valence-corrected chi connectivity index (χ0v) is 20.1. The van der Waals surface area contributed by atoms with Crippen molar-refractivity contribution in [3.63, 3.8) is 0 Å². The van der Waals surface area contributed by atoms with Crippen LogP contribution in [-0.4, -0.2) is 37.5 Å². The van der Waals surface area contributed by atoms with Crippen LogP contribution in [0.1, 0.15) is 58.9 Å². The van der Waals surface area contributed by atoms with E-state index in [4.69, 9.17) is 13.9 Å². The summed E-state index contributed by atoms with van der Waals surface area (Å²) < 4.78 is 15.7. The van der Waals surface area contributed by atoms with Crippen LogP contribution >= 0.6 is 0 Å². The molecule has 0 unspecified atom stereocenters. The second kappa shape index (κ2) is 12.2. The Morgan fingerprint density at radius 2 is 1.06 bits per heavy atom. The van der Waals surface area contributed by atoms with Gasteiger partial charge in [0, 0.05) is 0 Å². The normalized spacial score (nSPS) is 11.7. The molecule has 0 saturated carbocycles. The summed E-state index contributed by atoms with van der Waals surface area (Å²) in [6, 6.07) is 17.5. The molecule has 1 aromatic heterocycles. The van der Waals surface area contributed by atoms with Crippen molar-refractivity contribution in [2.45, 2.75) is 26.7 Å². The van der Waals surface area contributed by atoms with Gasteiger partial charge in [0.15, 0.2) is 11.5 Å². The van der Waals surface area contributed by atoms with E-state index in [0.717, 1.165) is 22.6 Å². The number of methoxy groups -OCH3 is 2. The highest BCUT2D eigenvalue weighted by molar-refractivity contribution is 6.03. The van der Waals surface area contributed by atoms with E-state index in [0.29, 0.717) is 24.3 Å². The number of amides is 2. The van der Waals surface area contributed by atoms with Crippen molar-refractivity contribution in [3.8, 4) is 11.5 Å². The number of hydrogen-bond donors (Lipinski definition) is 2. The van der Waals surface area contributed by atoms with Gasteiger partial charge in [-0.2, -0.15) is 10.2 Å². The van der Waals surface area contributed by atoms with Crippen LogP contribution < -0.4 is 20.3 Å². The summed E-state index contributed by atoms with van der Waals surface area (Å²) in [7, 11) is 3.19. The predicted molar refractivity (Wildman–Crippen MR) is 133 cm³/mol. The number of nitrogens with one attached hydrogen (secondary N) is 2. The molecule has 182 valence electrons. The molecule has 0 spiro atoms. The zero-order chi connectivity index (χ0) is 25.2. The summed E-state index contributed by atoms with van der Waals surface area (Å²) in [6.45, 7) is 3.86. The maximum absolute atomic E-state index is 12.5. The van der Waals surface area contributed by atoms with E-state index >= 15 is 0 Å². The third-order valence-corrected chi connectivity index (χ3v) is 5.15. The van der Waals surface area contributed by atoms with E-state index in [1.807, 2.05) is 62.4 Å². The molecule has 1 heterocycles. The Labute approximate surface area is 203 Å². The fourth-order valence-corrected chi connectivity index (χ4v) is 3.19. The standard InChI is InChI=1S/C26H28N4O5/c1-5-21(17-7-11-19(33-3)12-8-17)27-29-25(31)23-15-16-24(35-23)26(32)30-28-22(6-2)18-9-13-20(34-4)14-10-18/h7-16H,5-6H2,1-4H3,(H,29,31)(H,30,32)/b27-21+,28-22+. The molecule has 9 heteroatoms. The van der Waals surface area contributed by atoms with Gasteiger partial charge in [0.2, 0.25) is 0 Å². The first-order chi connectivity index (χ1) is 17.0. The average Bonchev–Trinajstić information content (AvgIpc) is 3.40. The van der Waals surface area contributed by atoms with E-state index in [-0.39, 0.29) is 11.5 Å². The molecule has 3 rings (SSSR count). The van der Waals surface area contributed by atoms with Gasteiger partial charge in [-0.25, -0.2) is 10.9 Å². The Hall–Kier alpha value is -4.40. The molecule has 0 atom stereocenters. The smallest absolute Gasteiger partial charge is 0.307 e. The minimum absolute atomic E-state index is 0.0427. The van der Waals surface area contributed by atoms with Crippen molar-refractivity contribution >= 4 is 23.2 Å². The molecule has 0 fully saturated rings. The van der Waals surface area contributed by atoms with E-state index in [1.54, 1.807) is 14.2 Å². The van der Waals surface area contributed by atoms with Gasteiger partial charge in [-0.15, -0.1) is 0 Å². The molecule has 0 radical (unpaired) electrons. The molecule has 9 nitrogen and oxygen atoms in total. The second-order valence-corrected chi connectivity index (χ2v) is 7.33. The summed E-state index contributed by atoms with van der Waals surface area (Å²) >= 11 is 0. The lowest BCUT2D eigenvalue weighted by Gasteiger charge is -2.06. The second-order valence-electron chi connectivity index (χ2n) is 7.33. The predicted octanol–water partition coefficient (Wildman–Crippen LogP) is 4.39. The van der Waals surface area contributed by atoms with Crippen molar-refractivity contribution < 1.29 is 23.5 Å². The van der Waals surface area contributed by atoms with Crippen LogP contribution in [0, 0.1) is 0 Å². The molecule has 2 amide bonds. The van der Waals surface area contributed by atoms with Gasteiger partial charge in [-0.1, -0.05) is 13.8 Å². The van der Waals surface area contributed by atoms with Gasteiger partial charge in [0.25, 0.3) is 0 Å². The van der Waals surface area contributed by atoms with Crippen LogP contribution in [0.2, 0.25) is 0 Å². The number of nitrogens with zero attached hydrogens (tertiary/aromatic N) is 2. The minimum atomic E-state index is -0.570. The Morgan fingerprint density at radius 3 is 1.37 bits per heavy atom. The third kappa shape index (κ3) is 6.57. The quantitative estimate of drug-likeness (QED) is 0.333. The van der Waals surface area contributed by atoms with Crippen LogP contribution in [0.15, 0.2) is 75.3 Å². The number of carbonyl (C=O) groups is 2. The van der Waals surface area contributed by atoms with Gasteiger partial charge < -0.3 is 13.9 Å². The van der Waals surface area contributed by atoms with Gasteiger partial charge in [0.05, 0.1) is 25.6 Å². The fourth-order valence-electron chi connectivity index (χ4n) is 3.19. The van der Waals surface area contributed by atoms with Crippen LogP contribution in [-0.2, 0) is 0 Å². The Balaban J connectivity index is 1.64. The summed E-state index contributed by atoms with van der Waals surface area (Å²) in [5.41, 5.74) is 8.03. The summed E-state index contributed by atoms with van der Waals surface area (Å²) in [5.74, 6) is 0.236. The SMILES string of the molecule is CC/C(=N\NC(=O)c1ccc(C(=O)N/N=C(\CC)c2ccc(OC)cc2)o1)c1ccc(OC)cc1. The maximum atomic E-state index is 12.5. The average molecular weight is 477 g/mol. The topological polar surface area (TPSA) is 115 Å². The monoisotopic (exact) mass is 476 g/mol. The van der Waals surface area contributed by atoms with Crippen molar-refractivity contribution in [3.05, 3.63) is 83.3 Å². The first-order valence-corrected chi connectivity index (χ1v) is 11.1. The number of furan rings is 1. The highest BCUT2D eigenvalue weighted by Gasteiger charge is 2.16. The number of carbonyl (C=O) groups excluding carboxylic acids is 2. The van der Waals surface area contributed by atoms with Crippen molar-refractivity contribution in [2.24, 2.45) is 10.2 Å². The van der Waals surface area contributed by atoms with Crippen molar-refractivity contribution in [1.82, 2.24) is 10.9 Å². The van der Waals surface area contributed by atoms with Crippen LogP contribution in [0.3, 0.4) is 0 Å². The van der Waals surface area contributed by atoms with Crippen molar-refractivity contribution in [2.75, 3.05) is 14.2 Å².